The zero-order valence-electron chi connectivity index (χ0n) is 9.89. The van der Waals surface area contributed by atoms with Crippen LogP contribution < -0.4 is 10.6 Å². The normalized spacial score (nSPS) is 20.3. The van der Waals surface area contributed by atoms with Gasteiger partial charge < -0.3 is 15.4 Å². The average Bonchev–Trinajstić information content (AvgIpc) is 2.39. The predicted molar refractivity (Wildman–Crippen MR) is 65.3 cm³/mol. The van der Waals surface area contributed by atoms with E-state index in [1.807, 2.05) is 0 Å². The summed E-state index contributed by atoms with van der Waals surface area (Å²) in [6.45, 7) is 1.67. The van der Waals surface area contributed by atoms with E-state index in [9.17, 15) is 0 Å². The van der Waals surface area contributed by atoms with E-state index >= 15 is 0 Å². The fourth-order valence-electron chi connectivity index (χ4n) is 2.09. The maximum atomic E-state index is 7.54. The summed E-state index contributed by atoms with van der Waals surface area (Å²) in [5.74, 6) is 0.705. The number of nitrogens with zero attached hydrogens (tertiary/aromatic N) is 3. The molecule has 1 aromatic rings. The predicted octanol–water partition coefficient (Wildman–Crippen LogP) is 0.376. The van der Waals surface area contributed by atoms with Gasteiger partial charge in [0.05, 0.1) is 17.9 Å². The van der Waals surface area contributed by atoms with E-state index in [1.54, 1.807) is 19.4 Å². The van der Waals surface area contributed by atoms with E-state index in [0.717, 1.165) is 25.9 Å². The molecule has 3 N–H and O–H groups in total. The number of aromatic nitrogens is 2. The van der Waals surface area contributed by atoms with Crippen LogP contribution >= 0.6 is 0 Å². The van der Waals surface area contributed by atoms with Crippen LogP contribution in [0.2, 0.25) is 0 Å². The highest BCUT2D eigenvalue weighted by Crippen LogP contribution is 2.21. The third kappa shape index (κ3) is 2.52. The SMILES string of the molecule is COC1CCCN(c2nnccc2C(=N)N)C1. The molecule has 6 heteroatoms. The number of piperidine rings is 1. The monoisotopic (exact) mass is 235 g/mol. The van der Waals surface area contributed by atoms with Crippen molar-refractivity contribution in [3.05, 3.63) is 17.8 Å². The zero-order valence-corrected chi connectivity index (χ0v) is 9.89. The van der Waals surface area contributed by atoms with Gasteiger partial charge in [-0.15, -0.1) is 5.10 Å². The molecule has 1 saturated heterocycles. The summed E-state index contributed by atoms with van der Waals surface area (Å²) >= 11 is 0. The number of hydrogen-bond acceptors (Lipinski definition) is 5. The molecular formula is C11H17N5O. The summed E-state index contributed by atoms with van der Waals surface area (Å²) in [4.78, 5) is 2.08. The number of anilines is 1. The highest BCUT2D eigenvalue weighted by Gasteiger charge is 2.23. The summed E-state index contributed by atoms with van der Waals surface area (Å²) in [7, 11) is 1.72. The van der Waals surface area contributed by atoms with Crippen LogP contribution in [0.1, 0.15) is 18.4 Å². The minimum Gasteiger partial charge on any atom is -0.384 e. The minimum absolute atomic E-state index is 0.0226. The molecule has 1 unspecified atom stereocenters. The molecule has 1 fully saturated rings. The number of rotatable bonds is 3. The third-order valence-corrected chi connectivity index (χ3v) is 3.00. The van der Waals surface area contributed by atoms with Crippen molar-refractivity contribution in [3.8, 4) is 0 Å². The zero-order chi connectivity index (χ0) is 12.3. The van der Waals surface area contributed by atoms with E-state index in [2.05, 4.69) is 15.1 Å². The van der Waals surface area contributed by atoms with Gasteiger partial charge in [-0.1, -0.05) is 0 Å². The third-order valence-electron chi connectivity index (χ3n) is 3.00. The number of ether oxygens (including phenoxy) is 1. The minimum atomic E-state index is 0.0226. The first-order valence-corrected chi connectivity index (χ1v) is 5.66. The molecule has 0 spiro atoms. The van der Waals surface area contributed by atoms with Crippen molar-refractivity contribution in [2.24, 2.45) is 5.73 Å². The van der Waals surface area contributed by atoms with Crippen molar-refractivity contribution in [3.63, 3.8) is 0 Å². The van der Waals surface area contributed by atoms with E-state index in [-0.39, 0.29) is 11.9 Å². The number of hydrogen-bond donors (Lipinski definition) is 2. The van der Waals surface area contributed by atoms with Gasteiger partial charge in [-0.25, -0.2) is 0 Å². The Morgan fingerprint density at radius 2 is 2.47 bits per heavy atom. The number of amidine groups is 1. The van der Waals surface area contributed by atoms with Gasteiger partial charge in [0, 0.05) is 20.2 Å². The van der Waals surface area contributed by atoms with Crippen LogP contribution in [-0.2, 0) is 4.74 Å². The summed E-state index contributed by atoms with van der Waals surface area (Å²) < 4.78 is 5.37. The quantitative estimate of drug-likeness (QED) is 0.584. The second kappa shape index (κ2) is 5.09. The molecule has 0 saturated carbocycles. The Morgan fingerprint density at radius 3 is 3.18 bits per heavy atom. The van der Waals surface area contributed by atoms with Crippen LogP contribution in [0.4, 0.5) is 5.82 Å². The maximum Gasteiger partial charge on any atom is 0.162 e. The van der Waals surface area contributed by atoms with Gasteiger partial charge in [0.1, 0.15) is 5.84 Å². The first-order valence-electron chi connectivity index (χ1n) is 5.66. The molecule has 17 heavy (non-hydrogen) atoms. The highest BCUT2D eigenvalue weighted by molar-refractivity contribution is 5.99. The summed E-state index contributed by atoms with van der Waals surface area (Å²) in [6, 6.07) is 1.72. The molecule has 0 radical (unpaired) electrons. The Hall–Kier alpha value is -1.69. The van der Waals surface area contributed by atoms with E-state index in [4.69, 9.17) is 15.9 Å². The topological polar surface area (TPSA) is 88.1 Å². The number of nitrogen functional groups attached to an aromatic ring is 1. The van der Waals surface area contributed by atoms with Gasteiger partial charge in [0.25, 0.3) is 0 Å². The number of methoxy groups -OCH3 is 1. The van der Waals surface area contributed by atoms with Gasteiger partial charge in [-0.05, 0) is 18.9 Å². The Labute approximate surface area is 100 Å². The van der Waals surface area contributed by atoms with Gasteiger partial charge in [-0.3, -0.25) is 5.41 Å². The fourth-order valence-corrected chi connectivity index (χ4v) is 2.09. The van der Waals surface area contributed by atoms with Crippen molar-refractivity contribution in [1.29, 1.82) is 5.41 Å². The van der Waals surface area contributed by atoms with Gasteiger partial charge in [0.2, 0.25) is 0 Å². The van der Waals surface area contributed by atoms with Crippen molar-refractivity contribution in [1.82, 2.24) is 10.2 Å². The molecule has 0 amide bonds. The second-order valence-electron chi connectivity index (χ2n) is 4.13. The Balaban J connectivity index is 2.24. The van der Waals surface area contributed by atoms with Crippen LogP contribution in [0, 0.1) is 5.41 Å². The maximum absolute atomic E-state index is 7.54. The molecule has 0 aromatic carbocycles. The second-order valence-corrected chi connectivity index (χ2v) is 4.13. The van der Waals surface area contributed by atoms with Crippen LogP contribution in [-0.4, -0.2) is 42.3 Å². The summed E-state index contributed by atoms with van der Waals surface area (Å²) in [6.07, 6.45) is 3.87. The Kier molecular flexibility index (Phi) is 3.53. The molecule has 2 rings (SSSR count). The van der Waals surface area contributed by atoms with Gasteiger partial charge in [0.15, 0.2) is 5.82 Å². The van der Waals surface area contributed by atoms with Crippen LogP contribution in [0.25, 0.3) is 0 Å². The van der Waals surface area contributed by atoms with E-state index in [1.165, 1.54) is 0 Å². The van der Waals surface area contributed by atoms with Crippen LogP contribution in [0.5, 0.6) is 0 Å². The lowest BCUT2D eigenvalue weighted by Gasteiger charge is -2.33. The van der Waals surface area contributed by atoms with E-state index in [0.29, 0.717) is 11.4 Å². The molecule has 92 valence electrons. The summed E-state index contributed by atoms with van der Waals surface area (Å²) in [5.41, 5.74) is 6.18. The number of nitrogens with two attached hydrogens (primary N) is 1. The van der Waals surface area contributed by atoms with Crippen molar-refractivity contribution >= 4 is 11.7 Å². The molecule has 6 nitrogen and oxygen atoms in total. The largest absolute Gasteiger partial charge is 0.384 e. The van der Waals surface area contributed by atoms with Crippen molar-refractivity contribution in [2.45, 2.75) is 18.9 Å². The van der Waals surface area contributed by atoms with Crippen LogP contribution in [0.15, 0.2) is 12.3 Å². The molecule has 0 bridgehead atoms. The number of nitrogens with one attached hydrogen (secondary N) is 1. The molecule has 2 heterocycles. The molecule has 1 atom stereocenters. The Morgan fingerprint density at radius 1 is 1.65 bits per heavy atom. The Bertz CT molecular complexity index is 409. The lowest BCUT2D eigenvalue weighted by Crippen LogP contribution is -2.40. The lowest BCUT2D eigenvalue weighted by atomic mass is 10.1. The molecular weight excluding hydrogens is 218 g/mol. The van der Waals surface area contributed by atoms with Crippen LogP contribution in [0.3, 0.4) is 0 Å². The fraction of sp³-hybridized carbons (Fsp3) is 0.545. The highest BCUT2D eigenvalue weighted by atomic mass is 16.5. The average molecular weight is 235 g/mol. The first kappa shape index (κ1) is 11.8. The summed E-state index contributed by atoms with van der Waals surface area (Å²) in [5, 5.41) is 15.5. The molecule has 0 aliphatic carbocycles. The van der Waals surface area contributed by atoms with Crippen molar-refractivity contribution in [2.75, 3.05) is 25.1 Å². The van der Waals surface area contributed by atoms with Crippen molar-refractivity contribution < 1.29 is 4.74 Å². The van der Waals surface area contributed by atoms with Gasteiger partial charge in [-0.2, -0.15) is 5.10 Å². The molecule has 1 aliphatic heterocycles. The standard InChI is InChI=1S/C11H17N5O/c1-17-8-3-2-6-16(7-8)11-9(10(12)13)4-5-14-15-11/h4-5,8H,2-3,6-7H2,1H3,(H3,12,13). The first-order chi connectivity index (χ1) is 8.22. The molecule has 1 aliphatic rings. The molecule has 1 aromatic heterocycles. The lowest BCUT2D eigenvalue weighted by molar-refractivity contribution is 0.0891. The smallest absolute Gasteiger partial charge is 0.162 e. The van der Waals surface area contributed by atoms with E-state index < -0.39 is 0 Å². The van der Waals surface area contributed by atoms with Gasteiger partial charge >= 0.3 is 0 Å².